The second-order valence-electron chi connectivity index (χ2n) is 9.46. The third-order valence-corrected chi connectivity index (χ3v) is 7.51. The predicted molar refractivity (Wildman–Crippen MR) is 153 cm³/mol. The van der Waals surface area contributed by atoms with E-state index < -0.39 is 0 Å². The zero-order valence-corrected chi connectivity index (χ0v) is 19.6. The molecule has 0 aliphatic carbocycles. The van der Waals surface area contributed by atoms with Crippen LogP contribution in [0, 0.1) is 0 Å². The van der Waals surface area contributed by atoms with Gasteiger partial charge in [0.15, 0.2) is 0 Å². The van der Waals surface area contributed by atoms with Crippen molar-refractivity contribution in [3.8, 4) is 11.4 Å². The monoisotopic (exact) mass is 458 g/mol. The van der Waals surface area contributed by atoms with Crippen molar-refractivity contribution in [1.82, 2.24) is 9.13 Å². The van der Waals surface area contributed by atoms with Crippen LogP contribution in [-0.2, 0) is 0 Å². The van der Waals surface area contributed by atoms with Gasteiger partial charge in [-0.25, -0.2) is 0 Å². The second kappa shape index (κ2) is 7.34. The molecule has 0 atom stereocenters. The Morgan fingerprint density at radius 2 is 1.08 bits per heavy atom. The first kappa shape index (κ1) is 19.5. The summed E-state index contributed by atoms with van der Waals surface area (Å²) in [6.07, 6.45) is 2.18. The number of hydrogen-bond donors (Lipinski definition) is 0. The molecular formula is C34H22N2. The molecule has 0 N–H and O–H groups in total. The van der Waals surface area contributed by atoms with E-state index in [0.717, 1.165) is 0 Å². The quantitative estimate of drug-likeness (QED) is 0.229. The van der Waals surface area contributed by atoms with Crippen molar-refractivity contribution in [1.29, 1.82) is 0 Å². The number of fused-ring (bicyclic) bond motifs is 7. The van der Waals surface area contributed by atoms with E-state index in [9.17, 15) is 0 Å². The van der Waals surface area contributed by atoms with Gasteiger partial charge >= 0.3 is 0 Å². The van der Waals surface area contributed by atoms with Gasteiger partial charge in [-0.15, -0.1) is 0 Å². The van der Waals surface area contributed by atoms with Gasteiger partial charge in [0, 0.05) is 33.4 Å². The normalized spacial score (nSPS) is 11.9. The van der Waals surface area contributed by atoms with Crippen LogP contribution in [0.5, 0.6) is 0 Å². The van der Waals surface area contributed by atoms with Crippen LogP contribution in [0.15, 0.2) is 134 Å². The average Bonchev–Trinajstić information content (AvgIpc) is 3.50. The Kier molecular flexibility index (Phi) is 3.97. The summed E-state index contributed by atoms with van der Waals surface area (Å²) in [7, 11) is 0. The van der Waals surface area contributed by atoms with E-state index in [0.29, 0.717) is 0 Å². The molecule has 2 nitrogen and oxygen atoms in total. The second-order valence-corrected chi connectivity index (χ2v) is 9.46. The Labute approximate surface area is 208 Å². The van der Waals surface area contributed by atoms with Gasteiger partial charge in [0.1, 0.15) is 0 Å². The van der Waals surface area contributed by atoms with Crippen LogP contribution in [-0.4, -0.2) is 9.13 Å². The first-order valence-corrected chi connectivity index (χ1v) is 12.4. The topological polar surface area (TPSA) is 9.86 Å². The molecule has 0 spiro atoms. The largest absolute Gasteiger partial charge is 0.317 e. The molecule has 2 heteroatoms. The Morgan fingerprint density at radius 1 is 0.389 bits per heavy atom. The summed E-state index contributed by atoms with van der Waals surface area (Å²) in [4.78, 5) is 0. The molecule has 0 saturated heterocycles. The number of hydrogen-bond acceptors (Lipinski definition) is 0. The first-order chi connectivity index (χ1) is 17.9. The minimum atomic E-state index is 1.18. The Bertz CT molecular complexity index is 2090. The van der Waals surface area contributed by atoms with Crippen molar-refractivity contribution in [2.24, 2.45) is 0 Å². The summed E-state index contributed by atoms with van der Waals surface area (Å²) in [5.74, 6) is 0. The number of nitrogens with zero attached hydrogens (tertiary/aromatic N) is 2. The number of aromatic nitrogens is 2. The van der Waals surface area contributed by atoms with Gasteiger partial charge in [0.2, 0.25) is 0 Å². The van der Waals surface area contributed by atoms with Gasteiger partial charge in [-0.05, 0) is 58.6 Å². The van der Waals surface area contributed by atoms with Crippen molar-refractivity contribution in [2.45, 2.75) is 0 Å². The molecule has 0 aliphatic rings. The minimum Gasteiger partial charge on any atom is -0.317 e. The first-order valence-electron chi connectivity index (χ1n) is 12.4. The van der Waals surface area contributed by atoms with E-state index in [1.807, 2.05) is 0 Å². The smallest absolute Gasteiger partial charge is 0.0548 e. The fraction of sp³-hybridized carbons (Fsp3) is 0. The van der Waals surface area contributed by atoms with E-state index in [-0.39, 0.29) is 0 Å². The Hall–Kier alpha value is -4.82. The van der Waals surface area contributed by atoms with Crippen molar-refractivity contribution in [3.05, 3.63) is 134 Å². The number of para-hydroxylation sites is 2. The molecule has 8 aromatic rings. The number of benzene rings is 6. The summed E-state index contributed by atoms with van der Waals surface area (Å²) in [6, 6.07) is 46.1. The molecule has 0 bridgehead atoms. The van der Waals surface area contributed by atoms with Crippen molar-refractivity contribution >= 4 is 54.3 Å². The molecular weight excluding hydrogens is 436 g/mol. The third kappa shape index (κ3) is 2.67. The molecule has 0 amide bonds. The maximum absolute atomic E-state index is 2.46. The van der Waals surface area contributed by atoms with Crippen LogP contribution >= 0.6 is 0 Å². The SMILES string of the molecule is c1ccc(-n2ccc3cc4c(cc32)c2ccccc2n4-c2cc3ccccc3c3ccccc23)cc1. The van der Waals surface area contributed by atoms with Gasteiger partial charge in [0.05, 0.1) is 22.2 Å². The van der Waals surface area contributed by atoms with Gasteiger partial charge in [-0.3, -0.25) is 0 Å². The molecule has 2 heterocycles. The minimum absolute atomic E-state index is 1.18. The van der Waals surface area contributed by atoms with E-state index in [4.69, 9.17) is 0 Å². The fourth-order valence-electron chi connectivity index (χ4n) is 5.89. The molecule has 6 aromatic carbocycles. The Morgan fingerprint density at radius 3 is 1.94 bits per heavy atom. The van der Waals surface area contributed by atoms with E-state index >= 15 is 0 Å². The van der Waals surface area contributed by atoms with E-state index in [2.05, 4.69) is 143 Å². The zero-order valence-electron chi connectivity index (χ0n) is 19.6. The van der Waals surface area contributed by atoms with Crippen molar-refractivity contribution < 1.29 is 0 Å². The average molecular weight is 459 g/mol. The van der Waals surface area contributed by atoms with Crippen LogP contribution in [0.2, 0.25) is 0 Å². The van der Waals surface area contributed by atoms with Crippen LogP contribution < -0.4 is 0 Å². The van der Waals surface area contributed by atoms with Crippen LogP contribution in [0.3, 0.4) is 0 Å². The molecule has 2 aromatic heterocycles. The summed E-state index contributed by atoms with van der Waals surface area (Å²) in [5, 5.41) is 8.88. The Balaban J connectivity index is 1.53. The third-order valence-electron chi connectivity index (χ3n) is 7.51. The lowest BCUT2D eigenvalue weighted by Gasteiger charge is -2.14. The molecule has 8 rings (SSSR count). The van der Waals surface area contributed by atoms with Crippen LogP contribution in [0.25, 0.3) is 65.6 Å². The maximum Gasteiger partial charge on any atom is 0.0548 e. The highest BCUT2D eigenvalue weighted by Crippen LogP contribution is 2.39. The van der Waals surface area contributed by atoms with Crippen molar-refractivity contribution in [3.63, 3.8) is 0 Å². The zero-order chi connectivity index (χ0) is 23.6. The molecule has 0 aliphatic heterocycles. The lowest BCUT2D eigenvalue weighted by Crippen LogP contribution is -1.96. The van der Waals surface area contributed by atoms with E-state index in [1.54, 1.807) is 0 Å². The highest BCUT2D eigenvalue weighted by molar-refractivity contribution is 6.17. The number of rotatable bonds is 2. The molecule has 0 saturated carbocycles. The molecule has 168 valence electrons. The summed E-state index contributed by atoms with van der Waals surface area (Å²) in [6.45, 7) is 0. The van der Waals surface area contributed by atoms with Gasteiger partial charge in [-0.2, -0.15) is 0 Å². The molecule has 0 unspecified atom stereocenters. The summed E-state index contributed by atoms with van der Waals surface area (Å²) >= 11 is 0. The lowest BCUT2D eigenvalue weighted by molar-refractivity contribution is 1.13. The van der Waals surface area contributed by atoms with E-state index in [1.165, 1.54) is 65.6 Å². The van der Waals surface area contributed by atoms with Gasteiger partial charge < -0.3 is 9.13 Å². The van der Waals surface area contributed by atoms with Gasteiger partial charge in [0.25, 0.3) is 0 Å². The van der Waals surface area contributed by atoms with Crippen LogP contribution in [0.1, 0.15) is 0 Å². The standard InChI is InChI=1S/C34H22N2/c1-2-11-25(12-3-1)35-19-18-24-21-34-30(22-32(24)35)29-16-8-9-17-31(29)36(34)33-20-23-10-4-5-13-26(23)27-14-6-7-15-28(27)33/h1-22H. The predicted octanol–water partition coefficient (Wildman–Crippen LogP) is 9.03. The highest BCUT2D eigenvalue weighted by Gasteiger charge is 2.17. The van der Waals surface area contributed by atoms with Crippen LogP contribution in [0.4, 0.5) is 0 Å². The molecule has 0 radical (unpaired) electrons. The molecule has 0 fully saturated rings. The lowest BCUT2D eigenvalue weighted by atomic mass is 10.00. The maximum atomic E-state index is 2.46. The summed E-state index contributed by atoms with van der Waals surface area (Å²) < 4.78 is 4.74. The van der Waals surface area contributed by atoms with Gasteiger partial charge in [-0.1, -0.05) is 84.9 Å². The molecule has 36 heavy (non-hydrogen) atoms. The summed E-state index contributed by atoms with van der Waals surface area (Å²) in [5.41, 5.74) is 6.08. The van der Waals surface area contributed by atoms with Crippen molar-refractivity contribution in [2.75, 3.05) is 0 Å². The fourth-order valence-corrected chi connectivity index (χ4v) is 5.89. The highest BCUT2D eigenvalue weighted by atomic mass is 15.0.